The van der Waals surface area contributed by atoms with E-state index >= 15 is 0 Å². The second-order valence-corrected chi connectivity index (χ2v) is 7.35. The molecule has 10 heteroatoms. The highest BCUT2D eigenvalue weighted by Gasteiger charge is 2.14. The van der Waals surface area contributed by atoms with Crippen LogP contribution in [0, 0.1) is 0 Å². The largest absolute Gasteiger partial charge is 0.493 e. The Labute approximate surface area is 208 Å². The van der Waals surface area contributed by atoms with Crippen molar-refractivity contribution in [2.75, 3.05) is 37.3 Å². The molecule has 0 unspecified atom stereocenters. The lowest BCUT2D eigenvalue weighted by molar-refractivity contribution is 0.262. The highest BCUT2D eigenvalue weighted by Crippen LogP contribution is 2.40. The van der Waals surface area contributed by atoms with E-state index in [1.54, 1.807) is 63.9 Å². The molecule has 1 heterocycles. The Morgan fingerprint density at radius 3 is 2.00 bits per heavy atom. The first-order valence-corrected chi connectivity index (χ1v) is 10.9. The van der Waals surface area contributed by atoms with Gasteiger partial charge >= 0.3 is 6.03 Å². The summed E-state index contributed by atoms with van der Waals surface area (Å²) in [7, 11) is 4.64. The van der Waals surface area contributed by atoms with Crippen molar-refractivity contribution in [3.63, 3.8) is 0 Å². The van der Waals surface area contributed by atoms with E-state index in [0.717, 1.165) is 0 Å². The summed E-state index contributed by atoms with van der Waals surface area (Å²) in [4.78, 5) is 20.8. The van der Waals surface area contributed by atoms with Crippen LogP contribution in [0.5, 0.6) is 28.9 Å². The van der Waals surface area contributed by atoms with Gasteiger partial charge in [0.1, 0.15) is 5.75 Å². The molecule has 36 heavy (non-hydrogen) atoms. The molecule has 3 aromatic carbocycles. The Morgan fingerprint density at radius 1 is 0.750 bits per heavy atom. The Kier molecular flexibility index (Phi) is 7.66. The molecule has 0 saturated carbocycles. The summed E-state index contributed by atoms with van der Waals surface area (Å²) >= 11 is 0. The van der Waals surface area contributed by atoms with E-state index in [1.807, 2.05) is 30.3 Å². The van der Waals surface area contributed by atoms with Crippen molar-refractivity contribution in [3.8, 4) is 28.9 Å². The predicted molar refractivity (Wildman–Crippen MR) is 137 cm³/mol. The number of amides is 2. The highest BCUT2D eigenvalue weighted by molar-refractivity contribution is 5.99. The van der Waals surface area contributed by atoms with Crippen LogP contribution in [0.1, 0.15) is 0 Å². The van der Waals surface area contributed by atoms with Crippen LogP contribution in [-0.4, -0.2) is 37.3 Å². The van der Waals surface area contributed by atoms with Gasteiger partial charge in [0, 0.05) is 29.2 Å². The zero-order valence-electron chi connectivity index (χ0n) is 19.9. The number of nitrogens with zero attached hydrogens (tertiary/aromatic N) is 2. The van der Waals surface area contributed by atoms with E-state index < -0.39 is 0 Å². The van der Waals surface area contributed by atoms with Crippen LogP contribution in [0.15, 0.2) is 79.1 Å². The van der Waals surface area contributed by atoms with Crippen LogP contribution >= 0.6 is 0 Å². The van der Waals surface area contributed by atoms with Gasteiger partial charge in [0.05, 0.1) is 33.7 Å². The maximum atomic E-state index is 12.2. The molecule has 1 aromatic heterocycles. The number of benzene rings is 3. The fraction of sp³-hybridized carbons (Fsp3) is 0.115. The minimum atomic E-state index is -0.341. The average molecular weight is 488 g/mol. The third-order valence-electron chi connectivity index (χ3n) is 4.92. The second kappa shape index (κ2) is 11.4. The van der Waals surface area contributed by atoms with Gasteiger partial charge in [-0.15, -0.1) is 0 Å². The molecule has 0 spiro atoms. The lowest BCUT2D eigenvalue weighted by Crippen LogP contribution is -2.19. The van der Waals surface area contributed by atoms with E-state index in [4.69, 9.17) is 18.9 Å². The molecule has 0 aliphatic rings. The summed E-state index contributed by atoms with van der Waals surface area (Å²) < 4.78 is 22.0. The maximum absolute atomic E-state index is 12.2. The van der Waals surface area contributed by atoms with Crippen molar-refractivity contribution in [3.05, 3.63) is 79.1 Å². The summed E-state index contributed by atoms with van der Waals surface area (Å²) in [6.45, 7) is 0. The van der Waals surface area contributed by atoms with Crippen LogP contribution in [0.25, 0.3) is 0 Å². The van der Waals surface area contributed by atoms with Crippen molar-refractivity contribution in [1.29, 1.82) is 0 Å². The third kappa shape index (κ3) is 6.11. The molecule has 0 aliphatic heterocycles. The Hall–Kier alpha value is -4.99. The maximum Gasteiger partial charge on any atom is 0.323 e. The average Bonchev–Trinajstić information content (AvgIpc) is 2.90. The number of hydrogen-bond donors (Lipinski definition) is 3. The summed E-state index contributed by atoms with van der Waals surface area (Å²) in [6.07, 6.45) is 3.06. The molecule has 0 fully saturated rings. The molecular formula is C26H25N5O5. The molecule has 184 valence electrons. The summed E-state index contributed by atoms with van der Waals surface area (Å²) in [5.41, 5.74) is 1.98. The Balaban J connectivity index is 1.40. The van der Waals surface area contributed by atoms with Crippen molar-refractivity contribution in [1.82, 2.24) is 9.97 Å². The van der Waals surface area contributed by atoms with Gasteiger partial charge in [-0.2, -0.15) is 4.98 Å². The zero-order chi connectivity index (χ0) is 25.3. The zero-order valence-corrected chi connectivity index (χ0v) is 19.9. The minimum absolute atomic E-state index is 0.287. The van der Waals surface area contributed by atoms with Gasteiger partial charge in [0.2, 0.25) is 11.6 Å². The van der Waals surface area contributed by atoms with Crippen LogP contribution in [0.3, 0.4) is 0 Å². The third-order valence-corrected chi connectivity index (χ3v) is 4.92. The lowest BCUT2D eigenvalue weighted by Gasteiger charge is -2.15. The van der Waals surface area contributed by atoms with Gasteiger partial charge in [0.15, 0.2) is 17.3 Å². The Morgan fingerprint density at radius 2 is 1.39 bits per heavy atom. The molecule has 0 aliphatic carbocycles. The van der Waals surface area contributed by atoms with E-state index in [2.05, 4.69) is 25.9 Å². The van der Waals surface area contributed by atoms with Gasteiger partial charge in [-0.3, -0.25) is 4.98 Å². The van der Waals surface area contributed by atoms with E-state index in [-0.39, 0.29) is 11.9 Å². The summed E-state index contributed by atoms with van der Waals surface area (Å²) in [5.74, 6) is 2.77. The number of carbonyl (C=O) groups is 1. The van der Waals surface area contributed by atoms with Crippen molar-refractivity contribution in [2.45, 2.75) is 0 Å². The summed E-state index contributed by atoms with van der Waals surface area (Å²) in [5, 5.41) is 8.69. The SMILES string of the molecule is COc1cc(Nc2cncc(Oc3ccc(NC(=O)Nc4ccccc4)cc3)n2)cc(OC)c1OC. The van der Waals surface area contributed by atoms with Crippen LogP contribution in [0.4, 0.5) is 27.7 Å². The monoisotopic (exact) mass is 487 g/mol. The number of rotatable bonds is 9. The van der Waals surface area contributed by atoms with Crippen molar-refractivity contribution in [2.24, 2.45) is 0 Å². The van der Waals surface area contributed by atoms with Crippen molar-refractivity contribution < 1.29 is 23.7 Å². The van der Waals surface area contributed by atoms with Gasteiger partial charge < -0.3 is 34.9 Å². The summed E-state index contributed by atoms with van der Waals surface area (Å²) in [6, 6.07) is 19.3. The highest BCUT2D eigenvalue weighted by atomic mass is 16.5. The van der Waals surface area contributed by atoms with Crippen molar-refractivity contribution >= 4 is 28.9 Å². The number of para-hydroxylation sites is 1. The van der Waals surface area contributed by atoms with Gasteiger partial charge in [-0.25, -0.2) is 4.79 Å². The van der Waals surface area contributed by atoms with E-state index in [0.29, 0.717) is 45.9 Å². The standard InChI is InChI=1S/C26H25N5O5/c1-33-21-13-19(14-22(34-2)25(21)35-3)28-23-15-27-16-24(31-23)36-20-11-9-18(10-12-20)30-26(32)29-17-7-5-4-6-8-17/h4-16H,1-3H3,(H,28,31)(H2,29,30,32). The molecule has 0 saturated heterocycles. The van der Waals surface area contributed by atoms with Gasteiger partial charge in [-0.1, -0.05) is 18.2 Å². The number of anilines is 4. The number of ether oxygens (including phenoxy) is 4. The fourth-order valence-electron chi connectivity index (χ4n) is 3.30. The molecular weight excluding hydrogens is 462 g/mol. The number of urea groups is 1. The number of hydrogen-bond acceptors (Lipinski definition) is 8. The first kappa shape index (κ1) is 24.1. The molecule has 0 atom stereocenters. The van der Waals surface area contributed by atoms with Gasteiger partial charge in [-0.05, 0) is 36.4 Å². The first-order chi connectivity index (χ1) is 17.6. The van der Waals surface area contributed by atoms with Gasteiger partial charge in [0.25, 0.3) is 0 Å². The van der Waals surface area contributed by atoms with E-state index in [9.17, 15) is 4.79 Å². The normalized spacial score (nSPS) is 10.2. The van der Waals surface area contributed by atoms with Crippen LogP contribution < -0.4 is 34.9 Å². The van der Waals surface area contributed by atoms with E-state index in [1.165, 1.54) is 6.20 Å². The molecule has 4 rings (SSSR count). The fourth-order valence-corrected chi connectivity index (χ4v) is 3.30. The Bertz CT molecular complexity index is 1290. The smallest absolute Gasteiger partial charge is 0.323 e. The number of carbonyl (C=O) groups excluding carboxylic acids is 1. The molecule has 3 N–H and O–H groups in total. The minimum Gasteiger partial charge on any atom is -0.493 e. The molecule has 4 aromatic rings. The molecule has 0 bridgehead atoms. The number of aromatic nitrogens is 2. The first-order valence-electron chi connectivity index (χ1n) is 10.9. The molecule has 2 amide bonds. The predicted octanol–water partition coefficient (Wildman–Crippen LogP) is 5.68. The topological polar surface area (TPSA) is 116 Å². The lowest BCUT2D eigenvalue weighted by atomic mass is 10.2. The second-order valence-electron chi connectivity index (χ2n) is 7.35. The quantitative estimate of drug-likeness (QED) is 0.276. The number of methoxy groups -OCH3 is 3. The molecule has 0 radical (unpaired) electrons. The van der Waals surface area contributed by atoms with Crippen LogP contribution in [-0.2, 0) is 0 Å². The van der Waals surface area contributed by atoms with Crippen LogP contribution in [0.2, 0.25) is 0 Å². The number of nitrogens with one attached hydrogen (secondary N) is 3. The molecule has 10 nitrogen and oxygen atoms in total.